The Morgan fingerprint density at radius 1 is 1.00 bits per heavy atom. The van der Waals surface area contributed by atoms with Gasteiger partial charge in [-0.2, -0.15) is 0 Å². The molecule has 1 saturated heterocycles. The van der Waals surface area contributed by atoms with Crippen LogP contribution in [0, 0.1) is 5.92 Å². The fourth-order valence-electron chi connectivity index (χ4n) is 2.53. The Morgan fingerprint density at radius 2 is 1.55 bits per heavy atom. The van der Waals surface area contributed by atoms with Crippen LogP contribution < -0.4 is 0 Å². The highest BCUT2D eigenvalue weighted by Gasteiger charge is 2.40. The van der Waals surface area contributed by atoms with Crippen molar-refractivity contribution >= 4 is 11.9 Å². The standard InChI is InChI=1S/C15H26O5/c16-11-12-13(20-15(12)19)9-7-5-3-1-2-4-6-8-10-14(17)18/h12-13,16H,1-11H2,(H,17,18)/t12-,13-/m1/s1. The molecule has 0 bridgehead atoms. The number of cyclic esters (lactones) is 1. The Kier molecular flexibility index (Phi) is 8.26. The molecule has 1 fully saturated rings. The number of hydrogen-bond acceptors (Lipinski definition) is 4. The monoisotopic (exact) mass is 286 g/mol. The minimum absolute atomic E-state index is 0.0662. The number of carbonyl (C=O) groups excluding carboxylic acids is 1. The van der Waals surface area contributed by atoms with Crippen molar-refractivity contribution in [1.82, 2.24) is 0 Å². The van der Waals surface area contributed by atoms with Gasteiger partial charge in [0, 0.05) is 6.42 Å². The smallest absolute Gasteiger partial charge is 0.315 e. The molecule has 0 amide bonds. The van der Waals surface area contributed by atoms with E-state index in [0.717, 1.165) is 44.9 Å². The van der Waals surface area contributed by atoms with Gasteiger partial charge in [0.05, 0.1) is 6.61 Å². The van der Waals surface area contributed by atoms with E-state index >= 15 is 0 Å². The maximum atomic E-state index is 11.0. The molecule has 0 spiro atoms. The first-order chi connectivity index (χ1) is 9.65. The highest BCUT2D eigenvalue weighted by Crippen LogP contribution is 2.26. The lowest BCUT2D eigenvalue weighted by atomic mass is 9.93. The van der Waals surface area contributed by atoms with Crippen molar-refractivity contribution in [2.45, 2.75) is 70.3 Å². The summed E-state index contributed by atoms with van der Waals surface area (Å²) in [6.45, 7) is -0.0974. The summed E-state index contributed by atoms with van der Waals surface area (Å²) < 4.78 is 4.99. The van der Waals surface area contributed by atoms with Gasteiger partial charge in [-0.15, -0.1) is 0 Å². The predicted octanol–water partition coefficient (Wildman–Crippen LogP) is 2.51. The van der Waals surface area contributed by atoms with Gasteiger partial charge in [0.15, 0.2) is 0 Å². The largest absolute Gasteiger partial charge is 0.481 e. The van der Waals surface area contributed by atoms with E-state index in [9.17, 15) is 9.59 Å². The van der Waals surface area contributed by atoms with Crippen LogP contribution in [-0.2, 0) is 14.3 Å². The van der Waals surface area contributed by atoms with E-state index in [1.54, 1.807) is 0 Å². The Morgan fingerprint density at radius 3 is 2.05 bits per heavy atom. The molecule has 2 atom stereocenters. The topological polar surface area (TPSA) is 83.8 Å². The summed E-state index contributed by atoms with van der Waals surface area (Å²) in [4.78, 5) is 21.3. The molecule has 5 nitrogen and oxygen atoms in total. The number of carboxylic acids is 1. The first-order valence-corrected chi connectivity index (χ1v) is 7.68. The Balaban J connectivity index is 1.81. The second-order valence-electron chi connectivity index (χ2n) is 5.53. The first kappa shape index (κ1) is 17.0. The average Bonchev–Trinajstić information content (AvgIpc) is 2.39. The van der Waals surface area contributed by atoms with Gasteiger partial charge in [-0.05, 0) is 19.3 Å². The van der Waals surface area contributed by atoms with Gasteiger partial charge in [0.2, 0.25) is 0 Å². The molecule has 0 aromatic rings. The van der Waals surface area contributed by atoms with Gasteiger partial charge in [-0.3, -0.25) is 9.59 Å². The molecule has 0 aromatic heterocycles. The van der Waals surface area contributed by atoms with Crippen LogP contribution in [0.3, 0.4) is 0 Å². The molecular formula is C15H26O5. The summed E-state index contributed by atoms with van der Waals surface area (Å²) in [7, 11) is 0. The van der Waals surface area contributed by atoms with Crippen molar-refractivity contribution in [3.63, 3.8) is 0 Å². The number of rotatable bonds is 12. The second-order valence-corrected chi connectivity index (χ2v) is 5.53. The highest BCUT2D eigenvalue weighted by atomic mass is 16.6. The van der Waals surface area contributed by atoms with Gasteiger partial charge in [0.25, 0.3) is 0 Å². The number of esters is 1. The molecule has 5 heteroatoms. The van der Waals surface area contributed by atoms with Gasteiger partial charge in [-0.25, -0.2) is 0 Å². The second kappa shape index (κ2) is 9.75. The molecule has 1 aliphatic rings. The van der Waals surface area contributed by atoms with E-state index < -0.39 is 5.97 Å². The molecule has 20 heavy (non-hydrogen) atoms. The maximum absolute atomic E-state index is 11.0. The van der Waals surface area contributed by atoms with Crippen LogP contribution in [0.5, 0.6) is 0 Å². The van der Waals surface area contributed by atoms with Crippen molar-refractivity contribution in [2.24, 2.45) is 5.92 Å². The third kappa shape index (κ3) is 6.37. The molecule has 1 aliphatic heterocycles. The minimum atomic E-state index is -0.706. The zero-order valence-corrected chi connectivity index (χ0v) is 12.1. The van der Waals surface area contributed by atoms with Gasteiger partial charge < -0.3 is 14.9 Å². The Labute approximate surface area is 120 Å². The number of unbranched alkanes of at least 4 members (excludes halogenated alkanes) is 7. The van der Waals surface area contributed by atoms with Gasteiger partial charge in [-0.1, -0.05) is 38.5 Å². The highest BCUT2D eigenvalue weighted by molar-refractivity contribution is 5.78. The fourth-order valence-corrected chi connectivity index (χ4v) is 2.53. The zero-order chi connectivity index (χ0) is 14.8. The summed E-state index contributed by atoms with van der Waals surface area (Å²) in [6, 6.07) is 0. The molecule has 2 N–H and O–H groups in total. The summed E-state index contributed by atoms with van der Waals surface area (Å²) >= 11 is 0. The Hall–Kier alpha value is -1.10. The minimum Gasteiger partial charge on any atom is -0.481 e. The molecular weight excluding hydrogens is 260 g/mol. The van der Waals surface area contributed by atoms with E-state index in [1.807, 2.05) is 0 Å². The number of carbonyl (C=O) groups is 2. The van der Waals surface area contributed by atoms with Crippen LogP contribution >= 0.6 is 0 Å². The molecule has 0 aliphatic carbocycles. The van der Waals surface area contributed by atoms with Crippen LogP contribution in [-0.4, -0.2) is 34.9 Å². The Bertz CT molecular complexity index is 303. The van der Waals surface area contributed by atoms with Crippen molar-refractivity contribution in [2.75, 3.05) is 6.61 Å². The van der Waals surface area contributed by atoms with Crippen LogP contribution in [0.2, 0.25) is 0 Å². The average molecular weight is 286 g/mol. The van der Waals surface area contributed by atoms with E-state index in [1.165, 1.54) is 12.8 Å². The number of carboxylic acid groups (broad SMARTS) is 1. The molecule has 0 radical (unpaired) electrons. The molecule has 0 aromatic carbocycles. The predicted molar refractivity (Wildman–Crippen MR) is 74.3 cm³/mol. The van der Waals surface area contributed by atoms with E-state index in [2.05, 4.69) is 0 Å². The van der Waals surface area contributed by atoms with E-state index in [-0.39, 0.29) is 31.0 Å². The molecule has 1 rings (SSSR count). The van der Waals surface area contributed by atoms with E-state index in [0.29, 0.717) is 0 Å². The van der Waals surface area contributed by atoms with Crippen molar-refractivity contribution in [1.29, 1.82) is 0 Å². The zero-order valence-electron chi connectivity index (χ0n) is 12.1. The lowest BCUT2D eigenvalue weighted by Crippen LogP contribution is -2.47. The van der Waals surface area contributed by atoms with Crippen molar-refractivity contribution in [3.05, 3.63) is 0 Å². The quantitative estimate of drug-likeness (QED) is 0.425. The number of aliphatic hydroxyl groups is 1. The summed E-state index contributed by atoms with van der Waals surface area (Å²) in [5.41, 5.74) is 0. The van der Waals surface area contributed by atoms with Crippen molar-refractivity contribution in [3.8, 4) is 0 Å². The number of hydrogen-bond donors (Lipinski definition) is 2. The molecule has 1 heterocycles. The van der Waals surface area contributed by atoms with Gasteiger partial charge >= 0.3 is 11.9 Å². The third-order valence-corrected chi connectivity index (χ3v) is 3.85. The molecule has 0 unspecified atom stereocenters. The lowest BCUT2D eigenvalue weighted by molar-refractivity contribution is -0.189. The SMILES string of the molecule is O=C(O)CCCCCCCCCC[C@H]1OC(=O)[C@@H]1CO. The summed E-state index contributed by atoms with van der Waals surface area (Å²) in [5, 5.41) is 17.5. The van der Waals surface area contributed by atoms with Gasteiger partial charge in [0.1, 0.15) is 12.0 Å². The summed E-state index contributed by atoms with van der Waals surface area (Å²) in [6.07, 6.45) is 9.65. The maximum Gasteiger partial charge on any atom is 0.315 e. The number of aliphatic hydroxyl groups excluding tert-OH is 1. The lowest BCUT2D eigenvalue weighted by Gasteiger charge is -2.33. The molecule has 116 valence electrons. The fraction of sp³-hybridized carbons (Fsp3) is 0.867. The van der Waals surface area contributed by atoms with Crippen LogP contribution in [0.25, 0.3) is 0 Å². The summed E-state index contributed by atoms with van der Waals surface area (Å²) in [5.74, 6) is -1.26. The molecule has 0 saturated carbocycles. The van der Waals surface area contributed by atoms with E-state index in [4.69, 9.17) is 14.9 Å². The number of ether oxygens (including phenoxy) is 1. The normalized spacial score (nSPS) is 21.4. The van der Waals surface area contributed by atoms with Crippen LogP contribution in [0.15, 0.2) is 0 Å². The van der Waals surface area contributed by atoms with Crippen molar-refractivity contribution < 1.29 is 24.5 Å². The first-order valence-electron chi connectivity index (χ1n) is 7.68. The third-order valence-electron chi connectivity index (χ3n) is 3.85. The van der Waals surface area contributed by atoms with Crippen LogP contribution in [0.1, 0.15) is 64.2 Å². The number of aliphatic carboxylic acids is 1. The van der Waals surface area contributed by atoms with Crippen LogP contribution in [0.4, 0.5) is 0 Å².